The molecule has 1 heterocycles. The topological polar surface area (TPSA) is 63.8 Å². The highest BCUT2D eigenvalue weighted by Crippen LogP contribution is 2.32. The minimum Gasteiger partial charge on any atom is -0.367 e. The van der Waals surface area contributed by atoms with Crippen molar-refractivity contribution in [2.24, 2.45) is 11.8 Å². The highest BCUT2D eigenvalue weighted by atomic mass is 32.1. The summed E-state index contributed by atoms with van der Waals surface area (Å²) in [6, 6.07) is 0.543. The van der Waals surface area contributed by atoms with Crippen molar-refractivity contribution in [1.29, 1.82) is 0 Å². The van der Waals surface area contributed by atoms with Crippen LogP contribution in [0.4, 0.5) is 11.1 Å². The van der Waals surface area contributed by atoms with Crippen molar-refractivity contribution in [3.63, 3.8) is 0 Å². The van der Waals surface area contributed by atoms with E-state index in [1.165, 1.54) is 37.2 Å². The quantitative estimate of drug-likeness (QED) is 0.852. The van der Waals surface area contributed by atoms with E-state index in [4.69, 9.17) is 5.73 Å². The molecule has 0 radical (unpaired) electrons. The molecule has 90 valence electrons. The van der Waals surface area contributed by atoms with E-state index in [-0.39, 0.29) is 0 Å². The molecule has 16 heavy (non-hydrogen) atoms. The molecule has 1 aliphatic carbocycles. The number of anilines is 2. The van der Waals surface area contributed by atoms with Gasteiger partial charge in [0.2, 0.25) is 11.1 Å². The zero-order valence-electron chi connectivity index (χ0n) is 9.94. The fourth-order valence-corrected chi connectivity index (χ4v) is 3.15. The molecule has 0 amide bonds. The van der Waals surface area contributed by atoms with Gasteiger partial charge in [-0.15, -0.1) is 0 Å². The SMILES string of the molecule is CC(C)C1CCCCC1Nc1nc(N)ns1. The van der Waals surface area contributed by atoms with Gasteiger partial charge >= 0.3 is 0 Å². The van der Waals surface area contributed by atoms with Crippen LogP contribution < -0.4 is 11.1 Å². The number of nitrogens with zero attached hydrogens (tertiary/aromatic N) is 2. The summed E-state index contributed by atoms with van der Waals surface area (Å²) in [4.78, 5) is 4.17. The van der Waals surface area contributed by atoms with E-state index in [0.717, 1.165) is 17.0 Å². The first-order chi connectivity index (χ1) is 7.66. The predicted octanol–water partition coefficient (Wildman–Crippen LogP) is 2.75. The second-order valence-corrected chi connectivity index (χ2v) is 5.65. The van der Waals surface area contributed by atoms with Gasteiger partial charge in [0.1, 0.15) is 0 Å². The lowest BCUT2D eigenvalue weighted by Gasteiger charge is -2.34. The van der Waals surface area contributed by atoms with Crippen molar-refractivity contribution in [3.8, 4) is 0 Å². The van der Waals surface area contributed by atoms with Crippen LogP contribution >= 0.6 is 11.5 Å². The largest absolute Gasteiger partial charge is 0.367 e. The molecule has 5 heteroatoms. The van der Waals surface area contributed by atoms with Crippen LogP contribution in [0.1, 0.15) is 39.5 Å². The van der Waals surface area contributed by atoms with Gasteiger partial charge in [0.15, 0.2) is 0 Å². The molecule has 1 aliphatic rings. The zero-order valence-corrected chi connectivity index (χ0v) is 10.8. The van der Waals surface area contributed by atoms with Crippen LogP contribution in [0.25, 0.3) is 0 Å². The average molecular weight is 240 g/mol. The Hall–Kier alpha value is -0.840. The summed E-state index contributed by atoms with van der Waals surface area (Å²) in [6.45, 7) is 4.61. The van der Waals surface area contributed by atoms with Gasteiger partial charge < -0.3 is 11.1 Å². The van der Waals surface area contributed by atoms with Crippen molar-refractivity contribution < 1.29 is 0 Å². The summed E-state index contributed by atoms with van der Waals surface area (Å²) in [6.07, 6.45) is 5.24. The Morgan fingerprint density at radius 1 is 1.38 bits per heavy atom. The second kappa shape index (κ2) is 4.99. The van der Waals surface area contributed by atoms with E-state index in [0.29, 0.717) is 12.0 Å². The highest BCUT2D eigenvalue weighted by molar-refractivity contribution is 7.09. The molecule has 3 N–H and O–H groups in total. The molecule has 0 aliphatic heterocycles. The normalized spacial score (nSPS) is 25.9. The van der Waals surface area contributed by atoms with Gasteiger partial charge in [-0.2, -0.15) is 9.36 Å². The van der Waals surface area contributed by atoms with Crippen LogP contribution in [0.5, 0.6) is 0 Å². The van der Waals surface area contributed by atoms with Crippen molar-refractivity contribution in [2.45, 2.75) is 45.6 Å². The first kappa shape index (κ1) is 11.6. The average Bonchev–Trinajstić information content (AvgIpc) is 2.64. The Morgan fingerprint density at radius 3 is 2.75 bits per heavy atom. The molecule has 1 saturated carbocycles. The maximum Gasteiger partial charge on any atom is 0.233 e. The highest BCUT2D eigenvalue weighted by Gasteiger charge is 2.27. The van der Waals surface area contributed by atoms with Crippen LogP contribution in [-0.2, 0) is 0 Å². The monoisotopic (exact) mass is 240 g/mol. The van der Waals surface area contributed by atoms with Gasteiger partial charge in [-0.25, -0.2) is 0 Å². The summed E-state index contributed by atoms with van der Waals surface area (Å²) in [5, 5.41) is 4.37. The van der Waals surface area contributed by atoms with Crippen molar-refractivity contribution in [2.75, 3.05) is 11.1 Å². The maximum absolute atomic E-state index is 5.53. The molecule has 4 nitrogen and oxygen atoms in total. The molecule has 2 unspecified atom stereocenters. The molecule has 1 aromatic heterocycles. The third-order valence-corrected chi connectivity index (χ3v) is 4.09. The molecule has 0 spiro atoms. The number of rotatable bonds is 3. The molecule has 2 rings (SSSR count). The minimum absolute atomic E-state index is 0.379. The van der Waals surface area contributed by atoms with Crippen LogP contribution in [0.2, 0.25) is 0 Å². The number of aromatic nitrogens is 2. The predicted molar refractivity (Wildman–Crippen MR) is 68.5 cm³/mol. The molecular weight excluding hydrogens is 220 g/mol. The van der Waals surface area contributed by atoms with Gasteiger partial charge in [0.05, 0.1) is 0 Å². The van der Waals surface area contributed by atoms with Crippen LogP contribution in [0.3, 0.4) is 0 Å². The fourth-order valence-electron chi connectivity index (χ4n) is 2.59. The lowest BCUT2D eigenvalue weighted by Crippen LogP contribution is -2.35. The number of hydrogen-bond donors (Lipinski definition) is 2. The van der Waals surface area contributed by atoms with E-state index < -0.39 is 0 Å². The smallest absolute Gasteiger partial charge is 0.233 e. The first-order valence-electron chi connectivity index (χ1n) is 6.02. The van der Waals surface area contributed by atoms with Gasteiger partial charge in [-0.05, 0) is 24.7 Å². The molecule has 1 fully saturated rings. The van der Waals surface area contributed by atoms with E-state index in [1.807, 2.05) is 0 Å². The Labute approximate surface area is 101 Å². The van der Waals surface area contributed by atoms with Gasteiger partial charge in [0.25, 0.3) is 0 Å². The van der Waals surface area contributed by atoms with Crippen LogP contribution in [0, 0.1) is 11.8 Å². The third-order valence-electron chi connectivity index (χ3n) is 3.43. The van der Waals surface area contributed by atoms with E-state index in [1.54, 1.807) is 0 Å². The molecule has 2 atom stereocenters. The van der Waals surface area contributed by atoms with Gasteiger partial charge in [-0.1, -0.05) is 26.7 Å². The summed E-state index contributed by atoms with van der Waals surface area (Å²) in [5.41, 5.74) is 5.53. The summed E-state index contributed by atoms with van der Waals surface area (Å²) < 4.78 is 4.00. The fraction of sp³-hybridized carbons (Fsp3) is 0.818. The molecule has 0 aromatic carbocycles. The van der Waals surface area contributed by atoms with Crippen LogP contribution in [0.15, 0.2) is 0 Å². The second-order valence-electron chi connectivity index (χ2n) is 4.90. The first-order valence-corrected chi connectivity index (χ1v) is 6.80. The Balaban J connectivity index is 2.01. The summed E-state index contributed by atoms with van der Waals surface area (Å²) in [5.74, 6) is 1.85. The maximum atomic E-state index is 5.53. The molecular formula is C11H20N4S. The third kappa shape index (κ3) is 2.64. The van der Waals surface area contributed by atoms with Crippen molar-refractivity contribution in [1.82, 2.24) is 9.36 Å². The number of nitrogens with one attached hydrogen (secondary N) is 1. The summed E-state index contributed by atoms with van der Waals surface area (Å²) in [7, 11) is 0. The lowest BCUT2D eigenvalue weighted by molar-refractivity contribution is 0.254. The Kier molecular flexibility index (Phi) is 3.63. The van der Waals surface area contributed by atoms with Crippen molar-refractivity contribution in [3.05, 3.63) is 0 Å². The number of nitrogens with two attached hydrogens (primary N) is 1. The van der Waals surface area contributed by atoms with Gasteiger partial charge in [0, 0.05) is 17.6 Å². The number of hydrogen-bond acceptors (Lipinski definition) is 5. The summed E-state index contributed by atoms with van der Waals surface area (Å²) >= 11 is 1.36. The molecule has 0 bridgehead atoms. The van der Waals surface area contributed by atoms with Crippen molar-refractivity contribution >= 4 is 22.6 Å². The van der Waals surface area contributed by atoms with Gasteiger partial charge in [-0.3, -0.25) is 0 Å². The van der Waals surface area contributed by atoms with E-state index >= 15 is 0 Å². The Bertz CT molecular complexity index is 336. The zero-order chi connectivity index (χ0) is 11.5. The Morgan fingerprint density at radius 2 is 2.12 bits per heavy atom. The minimum atomic E-state index is 0.379. The molecule has 1 aromatic rings. The standard InChI is InChI=1S/C11H20N4S/c1-7(2)8-5-3-4-6-9(8)13-11-14-10(12)15-16-11/h7-9H,3-6H2,1-2H3,(H3,12,13,14,15). The van der Waals surface area contributed by atoms with E-state index in [2.05, 4.69) is 28.5 Å². The molecule has 0 saturated heterocycles. The number of nitrogen functional groups attached to an aromatic ring is 1. The van der Waals surface area contributed by atoms with E-state index in [9.17, 15) is 0 Å². The van der Waals surface area contributed by atoms with Crippen LogP contribution in [-0.4, -0.2) is 15.4 Å². The lowest BCUT2D eigenvalue weighted by atomic mass is 9.78.